The van der Waals surface area contributed by atoms with Gasteiger partial charge in [0.05, 0.1) is 5.41 Å². The van der Waals surface area contributed by atoms with E-state index in [1.807, 2.05) is 0 Å². The van der Waals surface area contributed by atoms with Crippen molar-refractivity contribution in [2.75, 3.05) is 6.54 Å². The maximum Gasteiger partial charge on any atom is 0.414 e. The molecule has 1 N–H and O–H groups in total. The lowest BCUT2D eigenvalue weighted by atomic mass is 9.68. The molecule has 12 heavy (non-hydrogen) atoms. The normalized spacial score (nSPS) is 26.0. The second-order valence-corrected chi connectivity index (χ2v) is 3.62. The first-order valence-corrected chi connectivity index (χ1v) is 4.21. The largest absolute Gasteiger partial charge is 0.465 e. The molecule has 1 saturated heterocycles. The summed E-state index contributed by atoms with van der Waals surface area (Å²) >= 11 is 0. The van der Waals surface area contributed by atoms with Crippen LogP contribution in [0.4, 0.5) is 4.79 Å². The monoisotopic (exact) mass is 169 g/mol. The summed E-state index contributed by atoms with van der Waals surface area (Å²) in [4.78, 5) is 23.0. The van der Waals surface area contributed by atoms with E-state index in [0.29, 0.717) is 6.54 Å². The zero-order valence-corrected chi connectivity index (χ0v) is 6.75. The summed E-state index contributed by atoms with van der Waals surface area (Å²) in [6.07, 6.45) is 2.48. The number of carbonyl (C=O) groups excluding carboxylic acids is 1. The molecule has 1 aliphatic carbocycles. The van der Waals surface area contributed by atoms with Crippen molar-refractivity contribution in [3.8, 4) is 0 Å². The Morgan fingerprint density at radius 2 is 2.08 bits per heavy atom. The van der Waals surface area contributed by atoms with E-state index in [4.69, 9.17) is 5.11 Å². The molecule has 1 heterocycles. The van der Waals surface area contributed by atoms with Crippen LogP contribution in [-0.4, -0.2) is 28.6 Å². The third-order valence-electron chi connectivity index (χ3n) is 3.05. The molecule has 2 fully saturated rings. The van der Waals surface area contributed by atoms with E-state index in [9.17, 15) is 9.59 Å². The Balaban J connectivity index is 2.16. The van der Waals surface area contributed by atoms with E-state index < -0.39 is 6.09 Å². The minimum absolute atomic E-state index is 0.166. The summed E-state index contributed by atoms with van der Waals surface area (Å²) in [5.41, 5.74) is -0.265. The Morgan fingerprint density at radius 3 is 2.33 bits per heavy atom. The molecule has 0 bridgehead atoms. The number of rotatable bonds is 0. The Hall–Kier alpha value is -1.06. The van der Waals surface area contributed by atoms with Crippen LogP contribution in [0, 0.1) is 5.41 Å². The molecule has 0 aromatic heterocycles. The Bertz CT molecular complexity index is 245. The van der Waals surface area contributed by atoms with Crippen LogP contribution >= 0.6 is 0 Å². The van der Waals surface area contributed by atoms with Crippen LogP contribution in [0.2, 0.25) is 0 Å². The van der Waals surface area contributed by atoms with Gasteiger partial charge in [-0.3, -0.25) is 4.79 Å². The second kappa shape index (κ2) is 2.21. The fraction of sp³-hybridized carbons (Fsp3) is 0.750. The van der Waals surface area contributed by atoms with Crippen LogP contribution in [-0.2, 0) is 4.79 Å². The molecule has 1 saturated carbocycles. The Morgan fingerprint density at radius 1 is 1.42 bits per heavy atom. The van der Waals surface area contributed by atoms with Gasteiger partial charge in [-0.05, 0) is 19.3 Å². The van der Waals surface area contributed by atoms with Crippen molar-refractivity contribution in [3.63, 3.8) is 0 Å². The number of hydrogen-bond donors (Lipinski definition) is 1. The zero-order chi connectivity index (χ0) is 8.77. The smallest absolute Gasteiger partial charge is 0.414 e. The van der Waals surface area contributed by atoms with Crippen LogP contribution in [0.25, 0.3) is 0 Å². The first kappa shape index (κ1) is 7.58. The molecule has 4 nitrogen and oxygen atoms in total. The van der Waals surface area contributed by atoms with Crippen molar-refractivity contribution < 1.29 is 14.7 Å². The molecule has 2 aliphatic rings. The molecule has 4 heteroatoms. The van der Waals surface area contributed by atoms with Crippen molar-refractivity contribution in [1.29, 1.82) is 0 Å². The highest BCUT2D eigenvalue weighted by atomic mass is 16.4. The van der Waals surface area contributed by atoms with Gasteiger partial charge >= 0.3 is 6.09 Å². The molecule has 0 aromatic rings. The number of amides is 2. The van der Waals surface area contributed by atoms with Crippen LogP contribution in [0.5, 0.6) is 0 Å². The van der Waals surface area contributed by atoms with Crippen LogP contribution < -0.4 is 0 Å². The fourth-order valence-corrected chi connectivity index (χ4v) is 2.07. The van der Waals surface area contributed by atoms with Crippen molar-refractivity contribution in [3.05, 3.63) is 0 Å². The predicted octanol–water partition coefficient (Wildman–Crippen LogP) is 1.07. The summed E-state index contributed by atoms with van der Waals surface area (Å²) in [5.74, 6) is -0.166. The number of carbonyl (C=O) groups is 2. The fourth-order valence-electron chi connectivity index (χ4n) is 2.07. The van der Waals surface area contributed by atoms with Gasteiger partial charge in [-0.2, -0.15) is 0 Å². The van der Waals surface area contributed by atoms with Crippen LogP contribution in [0.15, 0.2) is 0 Å². The molecular weight excluding hydrogens is 158 g/mol. The molecule has 1 spiro atoms. The molecule has 66 valence electrons. The molecule has 0 atom stereocenters. The molecule has 2 rings (SSSR count). The highest BCUT2D eigenvalue weighted by Crippen LogP contribution is 2.48. The van der Waals surface area contributed by atoms with E-state index in [2.05, 4.69) is 0 Å². The maximum absolute atomic E-state index is 11.5. The van der Waals surface area contributed by atoms with Gasteiger partial charge in [0.15, 0.2) is 0 Å². The van der Waals surface area contributed by atoms with Gasteiger partial charge in [-0.15, -0.1) is 0 Å². The van der Waals surface area contributed by atoms with Gasteiger partial charge in [-0.1, -0.05) is 6.42 Å². The van der Waals surface area contributed by atoms with Crippen molar-refractivity contribution >= 4 is 12.0 Å². The lowest BCUT2D eigenvalue weighted by molar-refractivity contribution is -0.138. The van der Waals surface area contributed by atoms with Gasteiger partial charge < -0.3 is 5.11 Å². The minimum Gasteiger partial charge on any atom is -0.465 e. The average molecular weight is 169 g/mol. The van der Waals surface area contributed by atoms with E-state index in [-0.39, 0.29) is 11.3 Å². The van der Waals surface area contributed by atoms with Crippen molar-refractivity contribution in [2.45, 2.75) is 25.7 Å². The average Bonchev–Trinajstić information content (AvgIpc) is 2.25. The summed E-state index contributed by atoms with van der Waals surface area (Å²) in [5, 5.41) is 8.64. The van der Waals surface area contributed by atoms with E-state index in [1.54, 1.807) is 0 Å². The molecule has 0 unspecified atom stereocenters. The standard InChI is InChI=1S/C8H11NO3/c10-6-8(2-1-3-8)4-5-9(6)7(11)12/h1-5H2,(H,11,12). The Kier molecular flexibility index (Phi) is 1.40. The molecule has 0 aromatic carbocycles. The SMILES string of the molecule is O=C(O)N1CCC2(CCC2)C1=O. The van der Waals surface area contributed by atoms with Gasteiger partial charge in [0.25, 0.3) is 0 Å². The van der Waals surface area contributed by atoms with Gasteiger partial charge in [0, 0.05) is 6.54 Å². The van der Waals surface area contributed by atoms with Crippen LogP contribution in [0.1, 0.15) is 25.7 Å². The molecule has 2 amide bonds. The predicted molar refractivity (Wildman–Crippen MR) is 40.6 cm³/mol. The molecule has 0 radical (unpaired) electrons. The first-order chi connectivity index (χ1) is 5.66. The number of hydrogen-bond acceptors (Lipinski definition) is 2. The van der Waals surface area contributed by atoms with Gasteiger partial charge in [0.1, 0.15) is 0 Å². The summed E-state index contributed by atoms with van der Waals surface area (Å²) in [6.45, 7) is 0.397. The highest BCUT2D eigenvalue weighted by Gasteiger charge is 2.52. The summed E-state index contributed by atoms with van der Waals surface area (Å²) in [6, 6.07) is 0. The second-order valence-electron chi connectivity index (χ2n) is 3.62. The Labute approximate surface area is 70.2 Å². The number of nitrogens with zero attached hydrogens (tertiary/aromatic N) is 1. The third kappa shape index (κ3) is 0.777. The van der Waals surface area contributed by atoms with Gasteiger partial charge in [0.2, 0.25) is 5.91 Å². The molecular formula is C8H11NO3. The first-order valence-electron chi connectivity index (χ1n) is 4.21. The van der Waals surface area contributed by atoms with Crippen molar-refractivity contribution in [1.82, 2.24) is 4.90 Å². The van der Waals surface area contributed by atoms with Crippen molar-refractivity contribution in [2.24, 2.45) is 5.41 Å². The van der Waals surface area contributed by atoms with E-state index in [1.165, 1.54) is 0 Å². The summed E-state index contributed by atoms with van der Waals surface area (Å²) in [7, 11) is 0. The van der Waals surface area contributed by atoms with E-state index >= 15 is 0 Å². The summed E-state index contributed by atoms with van der Waals surface area (Å²) < 4.78 is 0. The topological polar surface area (TPSA) is 57.6 Å². The van der Waals surface area contributed by atoms with Crippen LogP contribution in [0.3, 0.4) is 0 Å². The molecule has 1 aliphatic heterocycles. The number of imide groups is 1. The zero-order valence-electron chi connectivity index (χ0n) is 6.75. The van der Waals surface area contributed by atoms with Gasteiger partial charge in [-0.25, -0.2) is 9.69 Å². The minimum atomic E-state index is -1.09. The number of likely N-dealkylation sites (tertiary alicyclic amines) is 1. The third-order valence-corrected chi connectivity index (χ3v) is 3.05. The highest BCUT2D eigenvalue weighted by molar-refractivity contribution is 5.97. The quantitative estimate of drug-likeness (QED) is 0.590. The number of carboxylic acid groups (broad SMARTS) is 1. The lowest BCUT2D eigenvalue weighted by Gasteiger charge is -2.35. The lowest BCUT2D eigenvalue weighted by Crippen LogP contribution is -2.41. The maximum atomic E-state index is 11.5. The van der Waals surface area contributed by atoms with E-state index in [0.717, 1.165) is 30.6 Å².